The Morgan fingerprint density at radius 3 is 2.44 bits per heavy atom. The van der Waals surface area contributed by atoms with Gasteiger partial charge in [0.1, 0.15) is 0 Å². The van der Waals surface area contributed by atoms with E-state index in [0.717, 1.165) is 37.7 Å². The molecule has 0 aromatic heterocycles. The SMILES string of the molecule is C=C(CO)[C@H]1CC[C@H]2[C@@]3(CC[C@]4(C)[C@H]([C@@H](CO)CCC=C(C)C)CC[C@@]24C)C[C@@]13CCC(=O)O. The second-order valence-corrected chi connectivity index (χ2v) is 13.2. The van der Waals surface area contributed by atoms with E-state index in [4.69, 9.17) is 0 Å². The van der Waals surface area contributed by atoms with E-state index in [1.807, 2.05) is 0 Å². The highest BCUT2D eigenvalue weighted by atomic mass is 16.4. The van der Waals surface area contributed by atoms with E-state index >= 15 is 0 Å². The molecular weight excluding hydrogens is 424 g/mol. The fourth-order valence-corrected chi connectivity index (χ4v) is 10.1. The maximum absolute atomic E-state index is 11.6. The number of carboxylic acid groups (broad SMARTS) is 1. The lowest BCUT2D eigenvalue weighted by Crippen LogP contribution is -2.54. The highest BCUT2D eigenvalue weighted by molar-refractivity contribution is 5.67. The van der Waals surface area contributed by atoms with Gasteiger partial charge in [-0.3, -0.25) is 4.79 Å². The van der Waals surface area contributed by atoms with Crippen molar-refractivity contribution in [2.45, 2.75) is 98.3 Å². The number of aliphatic hydroxyl groups excluding tert-OH is 2. The molecule has 0 radical (unpaired) electrons. The fourth-order valence-electron chi connectivity index (χ4n) is 10.1. The first kappa shape index (κ1) is 25.9. The van der Waals surface area contributed by atoms with Gasteiger partial charge >= 0.3 is 5.97 Å². The van der Waals surface area contributed by atoms with Crippen molar-refractivity contribution in [3.05, 3.63) is 23.8 Å². The van der Waals surface area contributed by atoms with Crippen molar-refractivity contribution in [3.8, 4) is 0 Å². The lowest BCUT2D eigenvalue weighted by Gasteiger charge is -2.61. The van der Waals surface area contributed by atoms with Crippen LogP contribution in [0.5, 0.6) is 0 Å². The fraction of sp³-hybridized carbons (Fsp3) is 0.833. The minimum Gasteiger partial charge on any atom is -0.481 e. The van der Waals surface area contributed by atoms with E-state index in [9.17, 15) is 20.1 Å². The molecule has 4 nitrogen and oxygen atoms in total. The van der Waals surface area contributed by atoms with Crippen molar-refractivity contribution in [1.29, 1.82) is 0 Å². The zero-order chi connectivity index (χ0) is 24.9. The second kappa shape index (κ2) is 9.07. The van der Waals surface area contributed by atoms with E-state index in [2.05, 4.69) is 40.3 Å². The average Bonchev–Trinajstić information content (AvgIpc) is 3.39. The zero-order valence-corrected chi connectivity index (χ0v) is 22.0. The smallest absolute Gasteiger partial charge is 0.303 e. The van der Waals surface area contributed by atoms with Gasteiger partial charge in [-0.25, -0.2) is 0 Å². The molecule has 0 bridgehead atoms. The Bertz CT molecular complexity index is 843. The summed E-state index contributed by atoms with van der Waals surface area (Å²) in [5, 5.41) is 29.9. The molecule has 3 N–H and O–H groups in total. The maximum atomic E-state index is 11.6. The molecule has 0 aromatic carbocycles. The monoisotopic (exact) mass is 472 g/mol. The van der Waals surface area contributed by atoms with Crippen LogP contribution in [-0.4, -0.2) is 34.5 Å². The molecule has 0 aromatic rings. The first-order chi connectivity index (χ1) is 16.0. The maximum Gasteiger partial charge on any atom is 0.303 e. The summed E-state index contributed by atoms with van der Waals surface area (Å²) in [7, 11) is 0. The summed E-state index contributed by atoms with van der Waals surface area (Å²) in [6.07, 6.45) is 13.4. The van der Waals surface area contributed by atoms with Gasteiger partial charge in [-0.15, -0.1) is 0 Å². The molecule has 4 rings (SSSR count). The van der Waals surface area contributed by atoms with Crippen molar-refractivity contribution < 1.29 is 20.1 Å². The molecule has 1 spiro atoms. The number of aliphatic carboxylic acids is 1. The summed E-state index contributed by atoms with van der Waals surface area (Å²) in [6, 6.07) is 0. The van der Waals surface area contributed by atoms with Crippen LogP contribution in [0.25, 0.3) is 0 Å². The molecule has 4 aliphatic rings. The number of hydrogen-bond acceptors (Lipinski definition) is 3. The Labute approximate surface area is 206 Å². The van der Waals surface area contributed by atoms with E-state index < -0.39 is 5.97 Å². The third-order valence-corrected chi connectivity index (χ3v) is 11.9. The molecule has 8 atom stereocenters. The predicted octanol–water partition coefficient (Wildman–Crippen LogP) is 6.37. The minimum absolute atomic E-state index is 0.0103. The molecular formula is C30H48O4. The first-order valence-corrected chi connectivity index (χ1v) is 13.8. The van der Waals surface area contributed by atoms with E-state index in [1.165, 1.54) is 37.7 Å². The molecule has 0 amide bonds. The van der Waals surface area contributed by atoms with E-state index in [-0.39, 0.29) is 47.2 Å². The summed E-state index contributed by atoms with van der Waals surface area (Å²) in [4.78, 5) is 11.6. The normalized spacial score (nSPS) is 43.3. The molecule has 0 saturated heterocycles. The number of rotatable bonds is 10. The highest BCUT2D eigenvalue weighted by Gasteiger charge is 2.80. The van der Waals surface area contributed by atoms with Crippen LogP contribution >= 0.6 is 0 Å². The third kappa shape index (κ3) is 3.65. The summed E-state index contributed by atoms with van der Waals surface area (Å²) in [5.41, 5.74) is 2.95. The predicted molar refractivity (Wildman–Crippen MR) is 136 cm³/mol. The number of fused-ring (bicyclic) bond motifs is 2. The van der Waals surface area contributed by atoms with Gasteiger partial charge in [-0.2, -0.15) is 0 Å². The van der Waals surface area contributed by atoms with Gasteiger partial charge < -0.3 is 15.3 Å². The molecule has 0 aliphatic heterocycles. The molecule has 34 heavy (non-hydrogen) atoms. The van der Waals surface area contributed by atoms with Gasteiger partial charge in [0.05, 0.1) is 6.61 Å². The average molecular weight is 473 g/mol. The topological polar surface area (TPSA) is 77.8 Å². The zero-order valence-electron chi connectivity index (χ0n) is 22.0. The number of hydrogen-bond donors (Lipinski definition) is 3. The number of carbonyl (C=O) groups is 1. The molecule has 192 valence electrons. The molecule has 0 heterocycles. The van der Waals surface area contributed by atoms with Crippen molar-refractivity contribution in [1.82, 2.24) is 0 Å². The van der Waals surface area contributed by atoms with Crippen molar-refractivity contribution in [2.24, 2.45) is 45.3 Å². The Hall–Kier alpha value is -1.13. The van der Waals surface area contributed by atoms with Crippen LogP contribution in [0.1, 0.15) is 98.3 Å². The van der Waals surface area contributed by atoms with Crippen LogP contribution in [0.3, 0.4) is 0 Å². The van der Waals surface area contributed by atoms with E-state index in [0.29, 0.717) is 17.8 Å². The number of aliphatic hydroxyl groups is 2. The van der Waals surface area contributed by atoms with Crippen LogP contribution in [0.4, 0.5) is 0 Å². The third-order valence-electron chi connectivity index (χ3n) is 11.9. The number of allylic oxidation sites excluding steroid dienone is 2. The van der Waals surface area contributed by atoms with Crippen molar-refractivity contribution in [2.75, 3.05) is 13.2 Å². The number of carboxylic acids is 1. The van der Waals surface area contributed by atoms with Crippen LogP contribution in [0.15, 0.2) is 23.8 Å². The van der Waals surface area contributed by atoms with Gasteiger partial charge in [-0.05, 0) is 129 Å². The Balaban J connectivity index is 1.62. The lowest BCUT2D eigenvalue weighted by atomic mass is 9.43. The summed E-state index contributed by atoms with van der Waals surface area (Å²) < 4.78 is 0. The first-order valence-electron chi connectivity index (χ1n) is 13.8. The Morgan fingerprint density at radius 1 is 1.09 bits per heavy atom. The Kier molecular flexibility index (Phi) is 6.92. The van der Waals surface area contributed by atoms with Crippen molar-refractivity contribution >= 4 is 5.97 Å². The molecule has 4 heteroatoms. The van der Waals surface area contributed by atoms with E-state index in [1.54, 1.807) is 0 Å². The van der Waals surface area contributed by atoms with Gasteiger partial charge in [-0.1, -0.05) is 32.1 Å². The van der Waals surface area contributed by atoms with Crippen molar-refractivity contribution in [3.63, 3.8) is 0 Å². The quantitative estimate of drug-likeness (QED) is 0.323. The standard InChI is InChI=1S/C30H48O4/c1-20(2)7-6-8-22(18-32)24-11-13-28(5)25-10-9-23(21(3)17-31)29(14-12-26(33)34)19-30(25,29)16-15-27(24,28)4/h7,22-25,31-32H,3,6,8-19H2,1-2,4-5H3,(H,33,34)/t22-,23-,24+,25-,27-,28+,29+,30-/m1/s1. The summed E-state index contributed by atoms with van der Waals surface area (Å²) in [6.45, 7) is 13.9. The van der Waals surface area contributed by atoms with Gasteiger partial charge in [0.2, 0.25) is 0 Å². The van der Waals surface area contributed by atoms with Crippen LogP contribution < -0.4 is 0 Å². The highest BCUT2D eigenvalue weighted by Crippen LogP contribution is 2.87. The van der Waals surface area contributed by atoms with Crippen LogP contribution in [0.2, 0.25) is 0 Å². The lowest BCUT2D eigenvalue weighted by molar-refractivity contribution is -0.139. The van der Waals surface area contributed by atoms with Gasteiger partial charge in [0, 0.05) is 13.0 Å². The summed E-state index contributed by atoms with van der Waals surface area (Å²) >= 11 is 0. The molecule has 4 aliphatic carbocycles. The molecule has 4 saturated carbocycles. The minimum atomic E-state index is -0.707. The Morgan fingerprint density at radius 2 is 1.82 bits per heavy atom. The van der Waals surface area contributed by atoms with Gasteiger partial charge in [0.15, 0.2) is 0 Å². The molecule has 0 unspecified atom stereocenters. The second-order valence-electron chi connectivity index (χ2n) is 13.2. The summed E-state index contributed by atoms with van der Waals surface area (Å²) in [5.74, 6) is 1.08. The van der Waals surface area contributed by atoms with Crippen LogP contribution in [-0.2, 0) is 4.79 Å². The van der Waals surface area contributed by atoms with Gasteiger partial charge in [0.25, 0.3) is 0 Å². The largest absolute Gasteiger partial charge is 0.481 e. The van der Waals surface area contributed by atoms with Crippen LogP contribution in [0, 0.1) is 45.3 Å². The molecule has 4 fully saturated rings.